The maximum absolute atomic E-state index is 11.9. The van der Waals surface area contributed by atoms with E-state index < -0.39 is 6.10 Å². The largest absolute Gasteiger partial charge is 0.478 e. The number of aryl methyl sites for hydroxylation is 1. The predicted molar refractivity (Wildman–Crippen MR) is 79.7 cm³/mol. The monoisotopic (exact) mass is 279 g/mol. The minimum absolute atomic E-state index is 0.144. The molecule has 2 N–H and O–H groups in total. The zero-order valence-corrected chi connectivity index (χ0v) is 12.8. The van der Waals surface area contributed by atoms with E-state index in [1.54, 1.807) is 6.92 Å². The van der Waals surface area contributed by atoms with Gasteiger partial charge in [0.05, 0.1) is 6.61 Å². The number of carbonyl (C=O) groups is 1. The molecular weight excluding hydrogens is 254 g/mol. The summed E-state index contributed by atoms with van der Waals surface area (Å²) in [6.45, 7) is 8.07. The number of hydrogen-bond donors (Lipinski definition) is 1. The zero-order valence-electron chi connectivity index (χ0n) is 12.8. The Hall–Kier alpha value is -1.55. The third-order valence-electron chi connectivity index (χ3n) is 3.03. The number of benzene rings is 1. The molecule has 0 aromatic heterocycles. The first-order chi connectivity index (χ1) is 9.49. The Labute approximate surface area is 121 Å². The van der Waals surface area contributed by atoms with Crippen LogP contribution in [-0.4, -0.2) is 18.7 Å². The highest BCUT2D eigenvalue weighted by molar-refractivity contribution is 5.75. The second-order valence-corrected chi connectivity index (χ2v) is 4.98. The summed E-state index contributed by atoms with van der Waals surface area (Å²) in [5, 5.41) is 0. The second kappa shape index (κ2) is 7.90. The molecule has 0 aliphatic carbocycles. The van der Waals surface area contributed by atoms with E-state index in [-0.39, 0.29) is 12.0 Å². The molecule has 1 rings (SSSR count). The molecule has 0 radical (unpaired) electrons. The van der Waals surface area contributed by atoms with E-state index in [9.17, 15) is 4.79 Å². The van der Waals surface area contributed by atoms with Crippen molar-refractivity contribution in [3.8, 4) is 5.75 Å². The highest BCUT2D eigenvalue weighted by Crippen LogP contribution is 2.27. The molecular formula is C16H25NO3. The fourth-order valence-corrected chi connectivity index (χ4v) is 2.01. The third kappa shape index (κ3) is 4.53. The molecule has 1 aromatic carbocycles. The van der Waals surface area contributed by atoms with Crippen LogP contribution in [-0.2, 0) is 9.53 Å². The Balaban J connectivity index is 2.95. The molecule has 0 aliphatic rings. The Morgan fingerprint density at radius 2 is 2.05 bits per heavy atom. The van der Waals surface area contributed by atoms with Gasteiger partial charge in [0, 0.05) is 11.6 Å². The normalized spacial score (nSPS) is 13.7. The molecule has 0 aliphatic heterocycles. The Morgan fingerprint density at radius 1 is 1.35 bits per heavy atom. The van der Waals surface area contributed by atoms with Gasteiger partial charge in [-0.15, -0.1) is 0 Å². The minimum atomic E-state index is -0.569. The van der Waals surface area contributed by atoms with Crippen molar-refractivity contribution in [3.05, 3.63) is 29.3 Å². The molecule has 0 saturated carbocycles. The van der Waals surface area contributed by atoms with Crippen molar-refractivity contribution in [1.82, 2.24) is 0 Å². The van der Waals surface area contributed by atoms with Crippen LogP contribution in [0.5, 0.6) is 5.75 Å². The smallest absolute Gasteiger partial charge is 0.347 e. The van der Waals surface area contributed by atoms with Crippen LogP contribution in [0.3, 0.4) is 0 Å². The quantitative estimate of drug-likeness (QED) is 0.779. The maximum atomic E-state index is 11.9. The van der Waals surface area contributed by atoms with Crippen LogP contribution in [0.15, 0.2) is 18.2 Å². The lowest BCUT2D eigenvalue weighted by atomic mass is 10.0. The van der Waals surface area contributed by atoms with E-state index >= 15 is 0 Å². The number of ether oxygens (including phenoxy) is 2. The lowest BCUT2D eigenvalue weighted by Gasteiger charge is -2.20. The number of esters is 1. The van der Waals surface area contributed by atoms with Crippen molar-refractivity contribution in [3.63, 3.8) is 0 Å². The predicted octanol–water partition coefficient (Wildman–Crippen LogP) is 3.13. The summed E-state index contributed by atoms with van der Waals surface area (Å²) in [6, 6.07) is 5.67. The van der Waals surface area contributed by atoms with Crippen molar-refractivity contribution in [1.29, 1.82) is 0 Å². The first-order valence-electron chi connectivity index (χ1n) is 7.19. The zero-order chi connectivity index (χ0) is 15.1. The van der Waals surface area contributed by atoms with Gasteiger partial charge in [0.1, 0.15) is 5.75 Å². The maximum Gasteiger partial charge on any atom is 0.347 e. The SMILES string of the molecule is CCCC(Oc1ccc(C)cc1C(C)N)C(=O)OCC. The number of rotatable bonds is 7. The molecule has 0 fully saturated rings. The van der Waals surface area contributed by atoms with Crippen LogP contribution in [0, 0.1) is 6.92 Å². The molecule has 1 aromatic rings. The summed E-state index contributed by atoms with van der Waals surface area (Å²) >= 11 is 0. The van der Waals surface area contributed by atoms with E-state index in [1.807, 2.05) is 39.0 Å². The Bertz CT molecular complexity index is 443. The van der Waals surface area contributed by atoms with E-state index in [0.29, 0.717) is 18.8 Å². The highest BCUT2D eigenvalue weighted by Gasteiger charge is 2.22. The van der Waals surface area contributed by atoms with Gasteiger partial charge < -0.3 is 15.2 Å². The average molecular weight is 279 g/mol. The molecule has 0 heterocycles. The van der Waals surface area contributed by atoms with Gasteiger partial charge in [0.2, 0.25) is 0 Å². The van der Waals surface area contributed by atoms with Crippen LogP contribution in [0.1, 0.15) is 50.8 Å². The Morgan fingerprint density at radius 3 is 2.60 bits per heavy atom. The summed E-state index contributed by atoms with van der Waals surface area (Å²) < 4.78 is 10.9. The van der Waals surface area contributed by atoms with Crippen molar-refractivity contribution in [2.45, 2.75) is 52.7 Å². The first kappa shape index (κ1) is 16.5. The molecule has 20 heavy (non-hydrogen) atoms. The van der Waals surface area contributed by atoms with Gasteiger partial charge in [-0.25, -0.2) is 4.79 Å². The molecule has 4 heteroatoms. The van der Waals surface area contributed by atoms with Crippen LogP contribution in [0.25, 0.3) is 0 Å². The minimum Gasteiger partial charge on any atom is -0.478 e. The van der Waals surface area contributed by atoms with Gasteiger partial charge in [0.25, 0.3) is 0 Å². The highest BCUT2D eigenvalue weighted by atomic mass is 16.6. The van der Waals surface area contributed by atoms with E-state index in [0.717, 1.165) is 17.5 Å². The lowest BCUT2D eigenvalue weighted by molar-refractivity contribution is -0.151. The van der Waals surface area contributed by atoms with Gasteiger partial charge in [-0.2, -0.15) is 0 Å². The summed E-state index contributed by atoms with van der Waals surface area (Å²) in [7, 11) is 0. The summed E-state index contributed by atoms with van der Waals surface area (Å²) in [4.78, 5) is 11.9. The Kier molecular flexibility index (Phi) is 6.52. The molecule has 0 saturated heterocycles. The molecule has 0 spiro atoms. The van der Waals surface area contributed by atoms with Crippen molar-refractivity contribution >= 4 is 5.97 Å². The van der Waals surface area contributed by atoms with E-state index in [4.69, 9.17) is 15.2 Å². The number of carbonyl (C=O) groups excluding carboxylic acids is 1. The lowest BCUT2D eigenvalue weighted by Crippen LogP contribution is -2.30. The van der Waals surface area contributed by atoms with Crippen molar-refractivity contribution < 1.29 is 14.3 Å². The molecule has 0 bridgehead atoms. The van der Waals surface area contributed by atoms with Crippen LogP contribution < -0.4 is 10.5 Å². The van der Waals surface area contributed by atoms with Crippen molar-refractivity contribution in [2.75, 3.05) is 6.61 Å². The van der Waals surface area contributed by atoms with E-state index in [1.165, 1.54) is 0 Å². The van der Waals surface area contributed by atoms with Gasteiger partial charge in [-0.05, 0) is 33.3 Å². The van der Waals surface area contributed by atoms with Crippen molar-refractivity contribution in [2.24, 2.45) is 5.73 Å². The average Bonchev–Trinajstić information content (AvgIpc) is 2.40. The van der Waals surface area contributed by atoms with Gasteiger partial charge >= 0.3 is 5.97 Å². The fourth-order valence-electron chi connectivity index (χ4n) is 2.01. The third-order valence-corrected chi connectivity index (χ3v) is 3.03. The first-order valence-corrected chi connectivity index (χ1v) is 7.19. The second-order valence-electron chi connectivity index (χ2n) is 4.98. The van der Waals surface area contributed by atoms with E-state index in [2.05, 4.69) is 0 Å². The molecule has 112 valence electrons. The molecule has 2 atom stereocenters. The topological polar surface area (TPSA) is 61.5 Å². The standard InChI is InChI=1S/C16H25NO3/c1-5-7-15(16(18)19-6-2)20-14-9-8-11(3)10-13(14)12(4)17/h8-10,12,15H,5-7,17H2,1-4H3. The number of hydrogen-bond acceptors (Lipinski definition) is 4. The van der Waals surface area contributed by atoms with Gasteiger partial charge in [0.15, 0.2) is 6.10 Å². The summed E-state index contributed by atoms with van der Waals surface area (Å²) in [6.07, 6.45) is 0.911. The van der Waals surface area contributed by atoms with Gasteiger partial charge in [-0.1, -0.05) is 31.0 Å². The number of nitrogens with two attached hydrogens (primary N) is 1. The molecule has 2 unspecified atom stereocenters. The fraction of sp³-hybridized carbons (Fsp3) is 0.562. The summed E-state index contributed by atoms with van der Waals surface area (Å²) in [5.41, 5.74) is 8.00. The summed E-state index contributed by atoms with van der Waals surface area (Å²) in [5.74, 6) is 0.350. The molecule has 4 nitrogen and oxygen atoms in total. The van der Waals surface area contributed by atoms with Crippen LogP contribution in [0.2, 0.25) is 0 Å². The van der Waals surface area contributed by atoms with Crippen LogP contribution in [0.4, 0.5) is 0 Å². The molecule has 0 amide bonds. The van der Waals surface area contributed by atoms with Crippen LogP contribution >= 0.6 is 0 Å². The van der Waals surface area contributed by atoms with Gasteiger partial charge in [-0.3, -0.25) is 0 Å².